The Kier molecular flexibility index (Phi) is 6.38. The molecule has 128 valence electrons. The van der Waals surface area contributed by atoms with Crippen LogP contribution < -0.4 is 5.32 Å². The molecule has 0 aliphatic carbocycles. The van der Waals surface area contributed by atoms with E-state index >= 15 is 0 Å². The van der Waals surface area contributed by atoms with Crippen LogP contribution in [0.2, 0.25) is 0 Å². The molecule has 0 spiro atoms. The number of ether oxygens (including phenoxy) is 1. The summed E-state index contributed by atoms with van der Waals surface area (Å²) < 4.78 is 41.6. The van der Waals surface area contributed by atoms with Crippen LogP contribution in [0, 0.1) is 0 Å². The average Bonchev–Trinajstić information content (AvgIpc) is 2.92. The SMILES string of the molecule is C=C/C=C(C1=NN(OC)C(C(=O)NC)C1)\C(=C/C)OC(F)(F)F. The van der Waals surface area contributed by atoms with Crippen molar-refractivity contribution in [3.05, 3.63) is 36.1 Å². The molecule has 1 aliphatic rings. The summed E-state index contributed by atoms with van der Waals surface area (Å²) in [5.74, 6) is -0.799. The molecule has 1 N–H and O–H groups in total. The number of hydrogen-bond donors (Lipinski definition) is 1. The van der Waals surface area contributed by atoms with Gasteiger partial charge in [0, 0.05) is 19.0 Å². The lowest BCUT2D eigenvalue weighted by Gasteiger charge is -2.18. The molecular formula is C14H18F3N3O3. The van der Waals surface area contributed by atoms with Gasteiger partial charge in [-0.25, -0.2) is 0 Å². The highest BCUT2D eigenvalue weighted by Gasteiger charge is 2.38. The molecule has 9 heteroatoms. The van der Waals surface area contributed by atoms with Gasteiger partial charge in [0.25, 0.3) is 0 Å². The van der Waals surface area contributed by atoms with Crippen LogP contribution in [0.25, 0.3) is 0 Å². The molecule has 0 aromatic carbocycles. The first kappa shape index (κ1) is 18.8. The topological polar surface area (TPSA) is 63.2 Å². The van der Waals surface area contributed by atoms with Crippen LogP contribution in [0.5, 0.6) is 0 Å². The van der Waals surface area contributed by atoms with Gasteiger partial charge in [-0.05, 0) is 19.1 Å². The number of hydrazone groups is 1. The van der Waals surface area contributed by atoms with Crippen LogP contribution in [-0.4, -0.2) is 43.4 Å². The second kappa shape index (κ2) is 7.82. The van der Waals surface area contributed by atoms with Crippen LogP contribution in [0.3, 0.4) is 0 Å². The fourth-order valence-corrected chi connectivity index (χ4v) is 2.01. The van der Waals surface area contributed by atoms with E-state index in [2.05, 4.69) is 21.7 Å². The maximum absolute atomic E-state index is 12.5. The lowest BCUT2D eigenvalue weighted by molar-refractivity contribution is -0.303. The maximum atomic E-state index is 12.5. The molecule has 1 heterocycles. The quantitative estimate of drug-likeness (QED) is 0.598. The van der Waals surface area contributed by atoms with Crippen LogP contribution in [-0.2, 0) is 14.4 Å². The first-order chi connectivity index (χ1) is 10.8. The van der Waals surface area contributed by atoms with Gasteiger partial charge in [0.15, 0.2) is 6.04 Å². The van der Waals surface area contributed by atoms with Crippen molar-refractivity contribution in [3.63, 3.8) is 0 Å². The number of alkyl halides is 3. The van der Waals surface area contributed by atoms with E-state index in [1.54, 1.807) is 0 Å². The number of carbonyl (C=O) groups is 1. The Morgan fingerprint density at radius 1 is 1.52 bits per heavy atom. The molecule has 6 nitrogen and oxygen atoms in total. The van der Waals surface area contributed by atoms with Crippen molar-refractivity contribution >= 4 is 11.6 Å². The Bertz CT molecular complexity index is 553. The zero-order chi connectivity index (χ0) is 17.6. The first-order valence-corrected chi connectivity index (χ1v) is 6.65. The Balaban J connectivity index is 3.14. The molecule has 0 aromatic rings. The van der Waals surface area contributed by atoms with Gasteiger partial charge in [0.05, 0.1) is 12.8 Å². The van der Waals surface area contributed by atoms with Gasteiger partial charge in [0.1, 0.15) is 5.76 Å². The van der Waals surface area contributed by atoms with E-state index in [1.165, 1.54) is 33.2 Å². The van der Waals surface area contributed by atoms with Crippen molar-refractivity contribution in [2.75, 3.05) is 14.2 Å². The van der Waals surface area contributed by atoms with E-state index in [0.29, 0.717) is 0 Å². The fourth-order valence-electron chi connectivity index (χ4n) is 2.01. The highest BCUT2D eigenvalue weighted by molar-refractivity contribution is 6.07. The minimum absolute atomic E-state index is 0.0613. The summed E-state index contributed by atoms with van der Waals surface area (Å²) in [5.41, 5.74) is 0.297. The summed E-state index contributed by atoms with van der Waals surface area (Å²) in [7, 11) is 2.75. The van der Waals surface area contributed by atoms with E-state index in [-0.39, 0.29) is 23.6 Å². The second-order valence-electron chi connectivity index (χ2n) is 4.38. The minimum Gasteiger partial charge on any atom is -0.405 e. The summed E-state index contributed by atoms with van der Waals surface area (Å²) in [6.45, 7) is 4.88. The molecule has 0 bridgehead atoms. The number of allylic oxidation sites excluding steroid dienone is 4. The molecule has 1 rings (SSSR count). The van der Waals surface area contributed by atoms with Crippen molar-refractivity contribution in [2.45, 2.75) is 25.7 Å². The van der Waals surface area contributed by atoms with Gasteiger partial charge in [0.2, 0.25) is 5.91 Å². The highest BCUT2D eigenvalue weighted by Crippen LogP contribution is 2.29. The van der Waals surface area contributed by atoms with Gasteiger partial charge in [-0.1, -0.05) is 12.7 Å². The van der Waals surface area contributed by atoms with Crippen molar-refractivity contribution in [1.82, 2.24) is 10.5 Å². The third kappa shape index (κ3) is 4.85. The zero-order valence-electron chi connectivity index (χ0n) is 13.0. The van der Waals surface area contributed by atoms with Gasteiger partial charge < -0.3 is 10.1 Å². The number of rotatable bonds is 6. The Hall–Kier alpha value is -2.29. The summed E-state index contributed by atoms with van der Waals surface area (Å²) in [6, 6.07) is -0.780. The fraction of sp³-hybridized carbons (Fsp3) is 0.429. The highest BCUT2D eigenvalue weighted by atomic mass is 19.4. The molecule has 1 aliphatic heterocycles. The molecule has 0 radical (unpaired) electrons. The van der Waals surface area contributed by atoms with Crippen LogP contribution >= 0.6 is 0 Å². The molecule has 1 unspecified atom stereocenters. The number of amides is 1. The second-order valence-corrected chi connectivity index (χ2v) is 4.38. The number of likely N-dealkylation sites (N-methyl/N-ethyl adjacent to an activating group) is 1. The lowest BCUT2D eigenvalue weighted by atomic mass is 10.0. The van der Waals surface area contributed by atoms with E-state index in [0.717, 1.165) is 11.2 Å². The number of hydrogen-bond acceptors (Lipinski definition) is 5. The van der Waals surface area contributed by atoms with Gasteiger partial charge in [-0.15, -0.1) is 13.2 Å². The molecular weight excluding hydrogens is 315 g/mol. The average molecular weight is 333 g/mol. The monoisotopic (exact) mass is 333 g/mol. The van der Waals surface area contributed by atoms with Crippen molar-refractivity contribution < 1.29 is 27.5 Å². The van der Waals surface area contributed by atoms with Crippen molar-refractivity contribution in [3.8, 4) is 0 Å². The smallest absolute Gasteiger partial charge is 0.405 e. The number of carbonyl (C=O) groups excluding carboxylic acids is 1. The predicted octanol–water partition coefficient (Wildman–Crippen LogP) is 2.28. The third-order valence-electron chi connectivity index (χ3n) is 2.96. The van der Waals surface area contributed by atoms with Crippen LogP contribution in [0.15, 0.2) is 41.2 Å². The molecule has 1 atom stereocenters. The predicted molar refractivity (Wildman–Crippen MR) is 77.9 cm³/mol. The Labute approximate surface area is 131 Å². The summed E-state index contributed by atoms with van der Waals surface area (Å²) in [4.78, 5) is 16.8. The number of halogens is 3. The number of hydroxylamine groups is 1. The van der Waals surface area contributed by atoms with E-state index in [1.807, 2.05) is 0 Å². The number of nitrogens with zero attached hydrogens (tertiary/aromatic N) is 2. The third-order valence-corrected chi connectivity index (χ3v) is 2.96. The van der Waals surface area contributed by atoms with Crippen LogP contribution in [0.4, 0.5) is 13.2 Å². The standard InChI is InChI=1S/C14H18F3N3O3/c1-5-7-9(12(6-2)23-14(15,16)17)10-8-11(13(21)18-3)20(19-10)22-4/h5-7,11H,1,8H2,2-4H3,(H,18,21)/b9-7-,12-6+. The summed E-state index contributed by atoms with van der Waals surface area (Å²) >= 11 is 0. The molecule has 23 heavy (non-hydrogen) atoms. The summed E-state index contributed by atoms with van der Waals surface area (Å²) in [5, 5.41) is 7.52. The molecule has 1 amide bonds. The molecule has 0 saturated carbocycles. The van der Waals surface area contributed by atoms with Gasteiger partial charge in [-0.3, -0.25) is 9.63 Å². The normalized spacial score (nSPS) is 19.5. The van der Waals surface area contributed by atoms with Crippen LogP contribution in [0.1, 0.15) is 13.3 Å². The Morgan fingerprint density at radius 2 is 2.17 bits per heavy atom. The molecule has 0 aromatic heterocycles. The Morgan fingerprint density at radius 3 is 2.61 bits per heavy atom. The van der Waals surface area contributed by atoms with E-state index < -0.39 is 18.2 Å². The van der Waals surface area contributed by atoms with Crippen molar-refractivity contribution in [1.29, 1.82) is 0 Å². The first-order valence-electron chi connectivity index (χ1n) is 6.65. The summed E-state index contributed by atoms with van der Waals surface area (Å²) in [6.07, 6.45) is -0.977. The minimum atomic E-state index is -4.84. The lowest BCUT2D eigenvalue weighted by Crippen LogP contribution is -2.40. The molecule has 0 saturated heterocycles. The number of nitrogens with one attached hydrogen (secondary N) is 1. The van der Waals surface area contributed by atoms with Gasteiger partial charge in [-0.2, -0.15) is 10.3 Å². The zero-order valence-corrected chi connectivity index (χ0v) is 13.0. The largest absolute Gasteiger partial charge is 0.573 e. The molecule has 0 fully saturated rings. The maximum Gasteiger partial charge on any atom is 0.573 e. The van der Waals surface area contributed by atoms with Crippen molar-refractivity contribution in [2.24, 2.45) is 5.10 Å². The van der Waals surface area contributed by atoms with Gasteiger partial charge >= 0.3 is 6.36 Å². The van der Waals surface area contributed by atoms with E-state index in [4.69, 9.17) is 4.84 Å². The van der Waals surface area contributed by atoms with E-state index in [9.17, 15) is 18.0 Å².